The van der Waals surface area contributed by atoms with Gasteiger partial charge in [-0.1, -0.05) is 170 Å². The molecule has 0 bridgehead atoms. The smallest absolute Gasteiger partial charge is 0.0979 e. The maximum atomic E-state index is 5.26. The van der Waals surface area contributed by atoms with Crippen LogP contribution in [0.15, 0.2) is 225 Å². The minimum Gasteiger partial charge on any atom is -0.309 e. The van der Waals surface area contributed by atoms with Gasteiger partial charge in [0.25, 0.3) is 0 Å². The lowest BCUT2D eigenvalue weighted by Crippen LogP contribution is -1.94. The second-order valence-corrected chi connectivity index (χ2v) is 15.8. The average molecular weight is 776 g/mol. The van der Waals surface area contributed by atoms with Crippen molar-refractivity contribution in [1.29, 1.82) is 0 Å². The molecule has 0 fully saturated rings. The Morgan fingerprint density at radius 2 is 0.689 bits per heavy atom. The zero-order chi connectivity index (χ0) is 40.3. The number of rotatable bonds is 6. The van der Waals surface area contributed by atoms with Gasteiger partial charge >= 0.3 is 0 Å². The molecule has 3 heteroatoms. The summed E-state index contributed by atoms with van der Waals surface area (Å²) in [5, 5.41) is 7.12. The van der Waals surface area contributed by atoms with E-state index < -0.39 is 0 Å². The lowest BCUT2D eigenvalue weighted by molar-refractivity contribution is 1.18. The molecular formula is C58H37N3. The molecule has 0 aliphatic carbocycles. The predicted molar refractivity (Wildman–Crippen MR) is 256 cm³/mol. The summed E-state index contributed by atoms with van der Waals surface area (Å²) >= 11 is 0. The van der Waals surface area contributed by atoms with E-state index in [4.69, 9.17) is 9.97 Å². The van der Waals surface area contributed by atoms with E-state index >= 15 is 0 Å². The zero-order valence-corrected chi connectivity index (χ0v) is 33.2. The van der Waals surface area contributed by atoms with Crippen LogP contribution >= 0.6 is 0 Å². The van der Waals surface area contributed by atoms with Crippen LogP contribution in [-0.2, 0) is 0 Å². The number of fused-ring (bicyclic) bond motifs is 9. The largest absolute Gasteiger partial charge is 0.309 e. The fourth-order valence-corrected chi connectivity index (χ4v) is 9.22. The van der Waals surface area contributed by atoms with E-state index in [9.17, 15) is 0 Å². The molecule has 2 aromatic heterocycles. The molecule has 0 saturated carbocycles. The second-order valence-electron chi connectivity index (χ2n) is 15.8. The molecule has 0 radical (unpaired) electrons. The summed E-state index contributed by atoms with van der Waals surface area (Å²) in [5.41, 5.74) is 16.7. The first-order valence-corrected chi connectivity index (χ1v) is 20.8. The summed E-state index contributed by atoms with van der Waals surface area (Å²) < 4.78 is 2.40. The first-order valence-electron chi connectivity index (χ1n) is 20.8. The molecule has 0 N–H and O–H groups in total. The van der Waals surface area contributed by atoms with Gasteiger partial charge in [-0.25, -0.2) is 4.98 Å². The highest BCUT2D eigenvalue weighted by Crippen LogP contribution is 2.39. The molecule has 3 nitrogen and oxygen atoms in total. The van der Waals surface area contributed by atoms with E-state index in [1.807, 2.05) is 6.20 Å². The first kappa shape index (κ1) is 34.9. The molecule has 0 saturated heterocycles. The fourth-order valence-electron chi connectivity index (χ4n) is 9.22. The second kappa shape index (κ2) is 14.3. The quantitative estimate of drug-likeness (QED) is 0.158. The van der Waals surface area contributed by atoms with Crippen molar-refractivity contribution in [3.8, 4) is 61.5 Å². The number of hydrogen-bond acceptors (Lipinski definition) is 2. The molecule has 10 aromatic carbocycles. The molecule has 12 rings (SSSR count). The summed E-state index contributed by atoms with van der Waals surface area (Å²) in [6.07, 6.45) is 1.92. The third kappa shape index (κ3) is 5.98. The standard InChI is InChI=1S/C58H37N3/c1-3-13-38(14-4-1)44-27-31-55-52(35-44)53-36-45(39-15-5-2-6-16-39)28-32-56(53)61(55)47-29-25-40(26-30-47)41-17-11-18-42(33-41)43-19-12-20-46(34-43)54-37-59-57-50-23-9-7-21-48(50)49-22-8-10-24-51(49)58(57)60-54/h1-37H. The summed E-state index contributed by atoms with van der Waals surface area (Å²) in [6, 6.07) is 78.5. The van der Waals surface area contributed by atoms with E-state index in [1.165, 1.54) is 66.0 Å². The van der Waals surface area contributed by atoms with E-state index in [2.05, 4.69) is 223 Å². The van der Waals surface area contributed by atoms with Crippen molar-refractivity contribution in [3.05, 3.63) is 225 Å². The van der Waals surface area contributed by atoms with Gasteiger partial charge in [-0.05, 0) is 104 Å². The molecule has 0 aliphatic heterocycles. The lowest BCUT2D eigenvalue weighted by atomic mass is 9.97. The Hall–Kier alpha value is -8.14. The molecule has 0 unspecified atom stereocenters. The maximum Gasteiger partial charge on any atom is 0.0979 e. The normalized spacial score (nSPS) is 11.6. The van der Waals surface area contributed by atoms with Gasteiger partial charge < -0.3 is 4.57 Å². The number of benzene rings is 10. The van der Waals surface area contributed by atoms with Crippen LogP contribution in [0.3, 0.4) is 0 Å². The van der Waals surface area contributed by atoms with Gasteiger partial charge in [-0.3, -0.25) is 4.98 Å². The Kier molecular flexibility index (Phi) is 8.17. The Balaban J connectivity index is 0.904. The molecule has 284 valence electrons. The van der Waals surface area contributed by atoms with Crippen LogP contribution in [0.2, 0.25) is 0 Å². The van der Waals surface area contributed by atoms with Crippen molar-refractivity contribution in [2.24, 2.45) is 0 Å². The number of hydrogen-bond donors (Lipinski definition) is 0. The van der Waals surface area contributed by atoms with Gasteiger partial charge in [0.15, 0.2) is 0 Å². The van der Waals surface area contributed by atoms with Gasteiger partial charge in [0.1, 0.15) is 0 Å². The third-order valence-electron chi connectivity index (χ3n) is 12.2. The number of aromatic nitrogens is 3. The van der Waals surface area contributed by atoms with Crippen LogP contribution in [0.1, 0.15) is 0 Å². The van der Waals surface area contributed by atoms with Crippen LogP contribution in [0.25, 0.3) is 116 Å². The van der Waals surface area contributed by atoms with Crippen LogP contribution in [0.4, 0.5) is 0 Å². The highest BCUT2D eigenvalue weighted by Gasteiger charge is 2.16. The topological polar surface area (TPSA) is 30.7 Å². The average Bonchev–Trinajstić information content (AvgIpc) is 3.67. The van der Waals surface area contributed by atoms with Crippen LogP contribution in [0, 0.1) is 0 Å². The van der Waals surface area contributed by atoms with Crippen molar-refractivity contribution < 1.29 is 0 Å². The van der Waals surface area contributed by atoms with Crippen LogP contribution in [0.5, 0.6) is 0 Å². The Morgan fingerprint density at radius 1 is 0.279 bits per heavy atom. The van der Waals surface area contributed by atoms with E-state index in [-0.39, 0.29) is 0 Å². The van der Waals surface area contributed by atoms with E-state index in [1.54, 1.807) is 0 Å². The highest BCUT2D eigenvalue weighted by molar-refractivity contribution is 6.23. The van der Waals surface area contributed by atoms with Crippen molar-refractivity contribution >= 4 is 54.4 Å². The van der Waals surface area contributed by atoms with Crippen molar-refractivity contribution in [3.63, 3.8) is 0 Å². The van der Waals surface area contributed by atoms with Gasteiger partial charge in [0, 0.05) is 32.8 Å². The highest BCUT2D eigenvalue weighted by atomic mass is 15.0. The molecule has 2 heterocycles. The lowest BCUT2D eigenvalue weighted by Gasteiger charge is -2.12. The van der Waals surface area contributed by atoms with Gasteiger partial charge in [-0.15, -0.1) is 0 Å². The molecule has 61 heavy (non-hydrogen) atoms. The Labute approximate surface area is 353 Å². The molecule has 12 aromatic rings. The monoisotopic (exact) mass is 775 g/mol. The molecular weight excluding hydrogens is 739 g/mol. The minimum atomic E-state index is 0.860. The van der Waals surface area contributed by atoms with Crippen LogP contribution in [-0.4, -0.2) is 14.5 Å². The Bertz CT molecular complexity index is 3490. The van der Waals surface area contributed by atoms with Gasteiger partial charge in [0.2, 0.25) is 0 Å². The summed E-state index contributed by atoms with van der Waals surface area (Å²) in [6.45, 7) is 0. The summed E-state index contributed by atoms with van der Waals surface area (Å²) in [7, 11) is 0. The van der Waals surface area contributed by atoms with Gasteiger partial charge in [-0.2, -0.15) is 0 Å². The SMILES string of the molecule is c1ccc(-c2ccc3c(c2)c2cc(-c4ccccc4)ccc2n3-c2ccc(-c3cccc(-c4cccc(-c5cnc6c7ccccc7c7ccccc7c6n5)c4)c3)cc2)cc1. The van der Waals surface area contributed by atoms with Crippen molar-refractivity contribution in [2.75, 3.05) is 0 Å². The van der Waals surface area contributed by atoms with Crippen molar-refractivity contribution in [2.45, 2.75) is 0 Å². The third-order valence-corrected chi connectivity index (χ3v) is 12.2. The molecule has 0 spiro atoms. The molecule has 0 atom stereocenters. The zero-order valence-electron chi connectivity index (χ0n) is 33.2. The number of nitrogens with zero attached hydrogens (tertiary/aromatic N) is 3. The summed E-state index contributed by atoms with van der Waals surface area (Å²) in [5.74, 6) is 0. The molecule has 0 aliphatic rings. The van der Waals surface area contributed by atoms with Crippen molar-refractivity contribution in [1.82, 2.24) is 14.5 Å². The van der Waals surface area contributed by atoms with E-state index in [0.717, 1.165) is 49.9 Å². The summed E-state index contributed by atoms with van der Waals surface area (Å²) in [4.78, 5) is 10.3. The molecule has 0 amide bonds. The maximum absolute atomic E-state index is 5.26. The Morgan fingerprint density at radius 3 is 1.26 bits per heavy atom. The first-order chi connectivity index (χ1) is 30.2. The predicted octanol–water partition coefficient (Wildman–Crippen LogP) is 15.4. The fraction of sp³-hybridized carbons (Fsp3) is 0. The van der Waals surface area contributed by atoms with Gasteiger partial charge in [0.05, 0.1) is 34.0 Å². The van der Waals surface area contributed by atoms with Crippen LogP contribution < -0.4 is 0 Å². The minimum absolute atomic E-state index is 0.860. The van der Waals surface area contributed by atoms with E-state index in [0.29, 0.717) is 0 Å².